The fraction of sp³-hybridized carbons (Fsp3) is 1.00. The summed E-state index contributed by atoms with van der Waals surface area (Å²) >= 11 is 0. The van der Waals surface area contributed by atoms with Crippen LogP contribution in [0.25, 0.3) is 0 Å². The molecule has 66 valence electrons. The summed E-state index contributed by atoms with van der Waals surface area (Å²) in [5.41, 5.74) is 0. The van der Waals surface area contributed by atoms with Gasteiger partial charge in [-0.2, -0.15) is 0 Å². The monoisotopic (exact) mass is 155 g/mol. The molecule has 0 atom stereocenters. The highest BCUT2D eigenvalue weighted by Crippen LogP contribution is 2.28. The van der Waals surface area contributed by atoms with E-state index in [1.807, 2.05) is 0 Å². The topological polar surface area (TPSA) is 3.24 Å². The lowest BCUT2D eigenvalue weighted by Crippen LogP contribution is -2.25. The van der Waals surface area contributed by atoms with Gasteiger partial charge in [-0.05, 0) is 38.8 Å². The Morgan fingerprint density at radius 2 is 1.64 bits per heavy atom. The van der Waals surface area contributed by atoms with Gasteiger partial charge in [0.2, 0.25) is 0 Å². The van der Waals surface area contributed by atoms with Gasteiger partial charge in [-0.15, -0.1) is 0 Å². The molecule has 0 N–H and O–H groups in total. The maximum Gasteiger partial charge on any atom is 0.000356 e. The molecule has 1 nitrogen and oxygen atoms in total. The molecule has 11 heavy (non-hydrogen) atoms. The van der Waals surface area contributed by atoms with E-state index in [9.17, 15) is 0 Å². The van der Waals surface area contributed by atoms with Crippen molar-refractivity contribution in [2.75, 3.05) is 20.6 Å². The second kappa shape index (κ2) is 4.10. The van der Waals surface area contributed by atoms with Crippen molar-refractivity contribution in [3.05, 3.63) is 0 Å². The van der Waals surface area contributed by atoms with E-state index >= 15 is 0 Å². The summed E-state index contributed by atoms with van der Waals surface area (Å²) in [6, 6.07) is 0. The van der Waals surface area contributed by atoms with Crippen molar-refractivity contribution in [2.24, 2.45) is 11.8 Å². The van der Waals surface area contributed by atoms with Gasteiger partial charge < -0.3 is 4.90 Å². The van der Waals surface area contributed by atoms with Gasteiger partial charge in [-0.25, -0.2) is 0 Å². The molecule has 0 aliphatic heterocycles. The molecule has 0 heterocycles. The zero-order valence-corrected chi connectivity index (χ0v) is 8.14. The van der Waals surface area contributed by atoms with Crippen molar-refractivity contribution in [1.82, 2.24) is 4.90 Å². The van der Waals surface area contributed by atoms with E-state index in [4.69, 9.17) is 0 Å². The maximum atomic E-state index is 2.38. The number of rotatable bonds is 2. The predicted molar refractivity (Wildman–Crippen MR) is 49.7 cm³/mol. The molecule has 1 saturated carbocycles. The van der Waals surface area contributed by atoms with E-state index in [-0.39, 0.29) is 0 Å². The van der Waals surface area contributed by atoms with Gasteiger partial charge in [0.15, 0.2) is 0 Å². The molecule has 1 fully saturated rings. The molecule has 0 aromatic heterocycles. The third-order valence-corrected chi connectivity index (χ3v) is 2.76. The Morgan fingerprint density at radius 1 is 1.09 bits per heavy atom. The van der Waals surface area contributed by atoms with Gasteiger partial charge in [-0.3, -0.25) is 0 Å². The molecule has 0 amide bonds. The Kier molecular flexibility index (Phi) is 3.38. The Labute approximate surface area is 70.8 Å². The molecular weight excluding hydrogens is 134 g/mol. The van der Waals surface area contributed by atoms with Crippen molar-refractivity contribution in [2.45, 2.75) is 32.6 Å². The molecule has 0 saturated heterocycles. The lowest BCUT2D eigenvalue weighted by Gasteiger charge is -2.28. The van der Waals surface area contributed by atoms with E-state index in [1.165, 1.54) is 32.2 Å². The van der Waals surface area contributed by atoms with Gasteiger partial charge in [0.1, 0.15) is 0 Å². The standard InChI is InChI=1S/C10H21N/c1-9-4-6-10(7-5-9)8-11(2)3/h9-10H,4-8H2,1-3H3. The Morgan fingerprint density at radius 3 is 2.09 bits per heavy atom. The van der Waals surface area contributed by atoms with E-state index < -0.39 is 0 Å². The third-order valence-electron chi connectivity index (χ3n) is 2.76. The minimum Gasteiger partial charge on any atom is -0.309 e. The first-order valence-corrected chi connectivity index (χ1v) is 4.83. The normalized spacial score (nSPS) is 32.7. The third kappa shape index (κ3) is 3.24. The first kappa shape index (κ1) is 9.05. The van der Waals surface area contributed by atoms with Crippen molar-refractivity contribution < 1.29 is 0 Å². The average molecular weight is 155 g/mol. The van der Waals surface area contributed by atoms with Crippen LogP contribution in [0, 0.1) is 11.8 Å². The SMILES string of the molecule is CC1CCC(CN(C)C)CC1. The fourth-order valence-electron chi connectivity index (χ4n) is 2.03. The van der Waals surface area contributed by atoms with Crippen LogP contribution in [0.3, 0.4) is 0 Å². The summed E-state index contributed by atoms with van der Waals surface area (Å²) in [6.07, 6.45) is 5.83. The molecule has 0 aromatic rings. The lowest BCUT2D eigenvalue weighted by atomic mass is 9.83. The van der Waals surface area contributed by atoms with E-state index in [2.05, 4.69) is 25.9 Å². The van der Waals surface area contributed by atoms with Crippen molar-refractivity contribution >= 4 is 0 Å². The Bertz CT molecular complexity index is 101. The Hall–Kier alpha value is -0.0400. The average Bonchev–Trinajstić information content (AvgIpc) is 1.93. The molecule has 1 heteroatoms. The van der Waals surface area contributed by atoms with Crippen LogP contribution in [0.2, 0.25) is 0 Å². The Balaban J connectivity index is 2.17. The van der Waals surface area contributed by atoms with Gasteiger partial charge in [0.05, 0.1) is 0 Å². The zero-order valence-electron chi connectivity index (χ0n) is 8.14. The highest BCUT2D eigenvalue weighted by Gasteiger charge is 2.17. The van der Waals surface area contributed by atoms with Crippen LogP contribution in [0.15, 0.2) is 0 Å². The molecule has 0 aromatic carbocycles. The summed E-state index contributed by atoms with van der Waals surface area (Å²) in [6.45, 7) is 3.68. The lowest BCUT2D eigenvalue weighted by molar-refractivity contribution is 0.231. The molecular formula is C10H21N. The van der Waals surface area contributed by atoms with Crippen LogP contribution in [0.5, 0.6) is 0 Å². The first-order valence-electron chi connectivity index (χ1n) is 4.83. The van der Waals surface area contributed by atoms with E-state index in [0.717, 1.165) is 11.8 Å². The number of hydrogen-bond acceptors (Lipinski definition) is 1. The second-order valence-electron chi connectivity index (χ2n) is 4.39. The molecule has 0 radical (unpaired) electrons. The van der Waals surface area contributed by atoms with E-state index in [0.29, 0.717) is 0 Å². The van der Waals surface area contributed by atoms with Crippen LogP contribution in [-0.4, -0.2) is 25.5 Å². The van der Waals surface area contributed by atoms with Gasteiger partial charge >= 0.3 is 0 Å². The zero-order chi connectivity index (χ0) is 8.27. The van der Waals surface area contributed by atoms with Crippen molar-refractivity contribution in [3.63, 3.8) is 0 Å². The summed E-state index contributed by atoms with van der Waals surface area (Å²) in [5, 5.41) is 0. The smallest absolute Gasteiger partial charge is 0.000356 e. The molecule has 1 aliphatic rings. The number of nitrogens with zero attached hydrogens (tertiary/aromatic N) is 1. The second-order valence-corrected chi connectivity index (χ2v) is 4.39. The predicted octanol–water partition coefficient (Wildman–Crippen LogP) is 2.37. The van der Waals surface area contributed by atoms with Crippen LogP contribution in [-0.2, 0) is 0 Å². The molecule has 0 bridgehead atoms. The molecule has 0 spiro atoms. The highest BCUT2D eigenvalue weighted by molar-refractivity contribution is 4.71. The summed E-state index contributed by atoms with van der Waals surface area (Å²) in [7, 11) is 4.36. The van der Waals surface area contributed by atoms with Crippen LogP contribution in [0.1, 0.15) is 32.6 Å². The van der Waals surface area contributed by atoms with Crippen molar-refractivity contribution in [3.8, 4) is 0 Å². The summed E-state index contributed by atoms with van der Waals surface area (Å²) in [5.74, 6) is 1.98. The summed E-state index contributed by atoms with van der Waals surface area (Å²) in [4.78, 5) is 2.32. The number of hydrogen-bond donors (Lipinski definition) is 0. The fourth-order valence-corrected chi connectivity index (χ4v) is 2.03. The van der Waals surface area contributed by atoms with Crippen molar-refractivity contribution in [1.29, 1.82) is 0 Å². The molecule has 1 aliphatic carbocycles. The van der Waals surface area contributed by atoms with Crippen LogP contribution < -0.4 is 0 Å². The first-order chi connectivity index (χ1) is 5.18. The van der Waals surface area contributed by atoms with Gasteiger partial charge in [0.25, 0.3) is 0 Å². The molecule has 1 rings (SSSR count). The van der Waals surface area contributed by atoms with Gasteiger partial charge in [-0.1, -0.05) is 19.8 Å². The van der Waals surface area contributed by atoms with Gasteiger partial charge in [0, 0.05) is 6.54 Å². The maximum absolute atomic E-state index is 2.38. The largest absolute Gasteiger partial charge is 0.309 e. The highest BCUT2D eigenvalue weighted by atomic mass is 15.1. The van der Waals surface area contributed by atoms with Crippen LogP contribution in [0.4, 0.5) is 0 Å². The van der Waals surface area contributed by atoms with E-state index in [1.54, 1.807) is 0 Å². The quantitative estimate of drug-likeness (QED) is 0.592. The minimum absolute atomic E-state index is 0.987. The minimum atomic E-state index is 0.987. The van der Waals surface area contributed by atoms with Crippen LogP contribution >= 0.6 is 0 Å². The molecule has 0 unspecified atom stereocenters. The summed E-state index contributed by atoms with van der Waals surface area (Å²) < 4.78 is 0.